The molecule has 0 fully saturated rings. The van der Waals surface area contributed by atoms with Gasteiger partial charge >= 0.3 is 29.6 Å². The van der Waals surface area contributed by atoms with Crippen molar-refractivity contribution in [3.63, 3.8) is 0 Å². The zero-order valence-corrected chi connectivity index (χ0v) is 22.3. The summed E-state index contributed by atoms with van der Waals surface area (Å²) in [6.45, 7) is 6.78. The molecule has 6 heteroatoms. The van der Waals surface area contributed by atoms with Crippen LogP contribution in [0.5, 0.6) is 0 Å². The fraction of sp³-hybridized carbons (Fsp3) is 1.00. The zero-order chi connectivity index (χ0) is 20.6. The molecule has 0 unspecified atom stereocenters. The first-order chi connectivity index (χ1) is 13.0. The summed E-state index contributed by atoms with van der Waals surface area (Å²) in [5.41, 5.74) is 0. The van der Waals surface area contributed by atoms with Gasteiger partial charge < -0.3 is 4.55 Å². The van der Waals surface area contributed by atoms with Gasteiger partial charge in [-0.2, -0.15) is 0 Å². The molecule has 0 aromatic rings. The van der Waals surface area contributed by atoms with Crippen molar-refractivity contribution in [2.45, 2.75) is 136 Å². The second kappa shape index (κ2) is 27.9. The first kappa shape index (κ1) is 33.5. The van der Waals surface area contributed by atoms with Crippen LogP contribution in [0.2, 0.25) is 0 Å². The maximum absolute atomic E-state index is 10.1. The van der Waals surface area contributed by atoms with Crippen molar-refractivity contribution >= 4 is 10.4 Å². The topological polar surface area (TPSA) is 66.4 Å². The molecule has 0 aliphatic heterocycles. The van der Waals surface area contributed by atoms with Crippen LogP contribution in [0, 0.1) is 0 Å². The quantitative estimate of drug-likeness (QED) is 0.131. The average Bonchev–Trinajstić information content (AvgIpc) is 2.62. The Morgan fingerprint density at radius 2 is 0.786 bits per heavy atom. The van der Waals surface area contributed by atoms with Crippen LogP contribution in [-0.2, 0) is 14.6 Å². The normalized spacial score (nSPS) is 10.9. The molecule has 0 aromatic carbocycles. The van der Waals surface area contributed by atoms with E-state index in [0.29, 0.717) is 6.42 Å². The molecular weight excluding hydrogens is 383 g/mol. The second-order valence-corrected chi connectivity index (χ2v) is 8.59. The summed E-state index contributed by atoms with van der Waals surface area (Å²) in [6, 6.07) is 0. The van der Waals surface area contributed by atoms with Crippen LogP contribution in [0.1, 0.15) is 136 Å². The second-order valence-electron chi connectivity index (χ2n) is 7.53. The molecule has 0 saturated heterocycles. The van der Waals surface area contributed by atoms with Gasteiger partial charge in [-0.25, -0.2) is 8.42 Å². The van der Waals surface area contributed by atoms with Crippen molar-refractivity contribution in [3.05, 3.63) is 0 Å². The SMILES string of the molecule is CCCCCCCCCC.CCCCCCCCCCCCOS(=O)(=O)[O-].[Na+]. The molecule has 0 amide bonds. The van der Waals surface area contributed by atoms with Crippen LogP contribution >= 0.6 is 0 Å². The number of rotatable bonds is 19. The van der Waals surface area contributed by atoms with Crippen LogP contribution in [0.3, 0.4) is 0 Å². The van der Waals surface area contributed by atoms with Gasteiger partial charge in [0.1, 0.15) is 0 Å². The van der Waals surface area contributed by atoms with Gasteiger partial charge in [-0.15, -0.1) is 0 Å². The molecule has 0 radical (unpaired) electrons. The van der Waals surface area contributed by atoms with Crippen molar-refractivity contribution in [3.8, 4) is 0 Å². The summed E-state index contributed by atoms with van der Waals surface area (Å²) in [4.78, 5) is 0. The molecule has 0 spiro atoms. The molecule has 0 rings (SSSR count). The van der Waals surface area contributed by atoms with Crippen molar-refractivity contribution in [2.24, 2.45) is 0 Å². The minimum absolute atomic E-state index is 0. The maximum atomic E-state index is 10.1. The van der Waals surface area contributed by atoms with Crippen LogP contribution in [0.15, 0.2) is 0 Å². The Bertz CT molecular complexity index is 354. The van der Waals surface area contributed by atoms with E-state index in [9.17, 15) is 13.0 Å². The van der Waals surface area contributed by atoms with Crippen molar-refractivity contribution in [1.82, 2.24) is 0 Å². The third-order valence-corrected chi connectivity index (χ3v) is 5.14. The molecule has 0 aliphatic rings. The molecule has 0 aliphatic carbocycles. The van der Waals surface area contributed by atoms with Gasteiger partial charge in [-0.1, -0.05) is 130 Å². The van der Waals surface area contributed by atoms with E-state index in [1.54, 1.807) is 0 Å². The van der Waals surface area contributed by atoms with Crippen molar-refractivity contribution in [2.75, 3.05) is 6.61 Å². The van der Waals surface area contributed by atoms with Gasteiger partial charge in [0.2, 0.25) is 10.4 Å². The zero-order valence-electron chi connectivity index (χ0n) is 19.5. The third-order valence-electron chi connectivity index (χ3n) is 4.68. The average molecular weight is 431 g/mol. The standard InChI is InChI=1S/C12H26O4S.C10H22.Na/c1-2-3-4-5-6-7-8-9-10-11-12-16-17(13,14)15;1-3-5-7-9-10-8-6-4-2;/h2-12H2,1H3,(H,13,14,15);3-10H2,1-2H3;/q;;+1/p-1. The Labute approximate surface area is 199 Å². The fourth-order valence-electron chi connectivity index (χ4n) is 2.96. The molecule has 0 atom stereocenters. The van der Waals surface area contributed by atoms with Crippen LogP contribution in [0.25, 0.3) is 0 Å². The summed E-state index contributed by atoms with van der Waals surface area (Å²) < 4.78 is 34.5. The summed E-state index contributed by atoms with van der Waals surface area (Å²) in [7, 11) is -4.48. The molecule has 0 saturated carbocycles. The molecule has 166 valence electrons. The summed E-state index contributed by atoms with van der Waals surface area (Å²) in [5.74, 6) is 0. The Morgan fingerprint density at radius 1 is 0.536 bits per heavy atom. The molecule has 0 aromatic heterocycles. The van der Waals surface area contributed by atoms with Gasteiger partial charge in [0.25, 0.3) is 0 Å². The largest absolute Gasteiger partial charge is 1.00 e. The van der Waals surface area contributed by atoms with E-state index >= 15 is 0 Å². The molecule has 0 N–H and O–H groups in total. The van der Waals surface area contributed by atoms with E-state index in [1.807, 2.05) is 0 Å². The predicted octanol–water partition coefficient (Wildman–Crippen LogP) is 4.54. The summed E-state index contributed by atoms with van der Waals surface area (Å²) in [5, 5.41) is 0. The van der Waals surface area contributed by atoms with E-state index in [0.717, 1.165) is 12.8 Å². The number of hydrogen-bond donors (Lipinski definition) is 0. The summed E-state index contributed by atoms with van der Waals surface area (Å²) in [6.07, 6.45) is 23.2. The molecule has 28 heavy (non-hydrogen) atoms. The van der Waals surface area contributed by atoms with Gasteiger partial charge in [0.15, 0.2) is 0 Å². The Balaban J connectivity index is -0.000000489. The first-order valence-corrected chi connectivity index (χ1v) is 12.9. The summed E-state index contributed by atoms with van der Waals surface area (Å²) >= 11 is 0. The maximum Gasteiger partial charge on any atom is 1.00 e. The van der Waals surface area contributed by atoms with Gasteiger partial charge in [-0.3, -0.25) is 4.18 Å². The van der Waals surface area contributed by atoms with Gasteiger partial charge in [0.05, 0.1) is 6.61 Å². The van der Waals surface area contributed by atoms with Crippen molar-refractivity contribution in [1.29, 1.82) is 0 Å². The van der Waals surface area contributed by atoms with Crippen LogP contribution in [0.4, 0.5) is 0 Å². The fourth-order valence-corrected chi connectivity index (χ4v) is 3.28. The van der Waals surface area contributed by atoms with E-state index < -0.39 is 10.4 Å². The number of hydrogen-bond acceptors (Lipinski definition) is 4. The van der Waals surface area contributed by atoms with Gasteiger partial charge in [-0.05, 0) is 6.42 Å². The Hall–Kier alpha value is 0.870. The van der Waals surface area contributed by atoms with E-state index in [4.69, 9.17) is 0 Å². The molecule has 0 heterocycles. The Morgan fingerprint density at radius 3 is 1.04 bits per heavy atom. The minimum atomic E-state index is -4.48. The van der Waals surface area contributed by atoms with Crippen LogP contribution in [-0.4, -0.2) is 19.6 Å². The van der Waals surface area contributed by atoms with E-state index in [2.05, 4.69) is 25.0 Å². The molecule has 0 bridgehead atoms. The van der Waals surface area contributed by atoms with E-state index in [-0.39, 0.29) is 36.2 Å². The molecule has 4 nitrogen and oxygen atoms in total. The third kappa shape index (κ3) is 37.6. The minimum Gasteiger partial charge on any atom is -0.726 e. The van der Waals surface area contributed by atoms with Crippen LogP contribution < -0.4 is 29.6 Å². The monoisotopic (exact) mass is 430 g/mol. The smallest absolute Gasteiger partial charge is 0.726 e. The molecular formula is C22H47NaO4S. The predicted molar refractivity (Wildman–Crippen MR) is 116 cm³/mol. The van der Waals surface area contributed by atoms with E-state index in [1.165, 1.54) is 96.3 Å². The van der Waals surface area contributed by atoms with Crippen molar-refractivity contribution < 1.29 is 46.7 Å². The van der Waals surface area contributed by atoms with Gasteiger partial charge in [0, 0.05) is 0 Å². The first-order valence-electron chi connectivity index (χ1n) is 11.6. The Kier molecular flexibility index (Phi) is 33.4. The number of unbranched alkanes of at least 4 members (excludes halogenated alkanes) is 16.